The lowest BCUT2D eigenvalue weighted by molar-refractivity contribution is -0.229. The topological polar surface area (TPSA) is 82.2 Å². The van der Waals surface area contributed by atoms with Crippen LogP contribution in [0.4, 0.5) is 4.39 Å². The van der Waals surface area contributed by atoms with E-state index in [1.54, 1.807) is 24.4 Å². The van der Waals surface area contributed by atoms with Crippen LogP contribution in [0.1, 0.15) is 31.5 Å². The van der Waals surface area contributed by atoms with Crippen molar-refractivity contribution in [1.29, 1.82) is 0 Å². The standard InChI is InChI=1S/C26H25FN4O3/c1-26(2)15-33-24(34-16-26)23-30-21(18-8-10-19(27)11-9-18)22(31-23)20-12-13-28-25(29-20)32-14-17-6-4-3-5-7-17/h3-13,24H,14-16H2,1-2H3,(H,30,31). The lowest BCUT2D eigenvalue weighted by Crippen LogP contribution is -2.34. The lowest BCUT2D eigenvalue weighted by atomic mass is 9.96. The average Bonchev–Trinajstić information content (AvgIpc) is 3.29. The Kier molecular flexibility index (Phi) is 6.08. The van der Waals surface area contributed by atoms with Crippen LogP contribution < -0.4 is 4.74 Å². The first kappa shape index (κ1) is 22.2. The van der Waals surface area contributed by atoms with Gasteiger partial charge in [-0.2, -0.15) is 4.98 Å². The summed E-state index contributed by atoms with van der Waals surface area (Å²) in [5.74, 6) is 0.205. The Balaban J connectivity index is 1.47. The maximum atomic E-state index is 13.6. The van der Waals surface area contributed by atoms with Gasteiger partial charge in [-0.25, -0.2) is 14.4 Å². The molecule has 0 aliphatic carbocycles. The van der Waals surface area contributed by atoms with Crippen molar-refractivity contribution in [3.05, 3.63) is 84.1 Å². The Labute approximate surface area is 197 Å². The number of hydrogen-bond acceptors (Lipinski definition) is 6. The van der Waals surface area contributed by atoms with E-state index in [2.05, 4.69) is 28.8 Å². The van der Waals surface area contributed by atoms with Gasteiger partial charge >= 0.3 is 6.01 Å². The molecule has 1 aliphatic rings. The molecule has 0 atom stereocenters. The molecule has 2 aromatic heterocycles. The zero-order valence-electron chi connectivity index (χ0n) is 19.0. The van der Waals surface area contributed by atoms with E-state index in [9.17, 15) is 4.39 Å². The summed E-state index contributed by atoms with van der Waals surface area (Å²) in [6.07, 6.45) is 1.00. The van der Waals surface area contributed by atoms with Crippen molar-refractivity contribution in [2.24, 2.45) is 5.41 Å². The third-order valence-corrected chi connectivity index (χ3v) is 5.41. The highest BCUT2D eigenvalue weighted by atomic mass is 19.1. The second kappa shape index (κ2) is 9.32. The minimum atomic E-state index is -0.628. The molecule has 0 unspecified atom stereocenters. The maximum absolute atomic E-state index is 13.6. The van der Waals surface area contributed by atoms with E-state index in [1.807, 2.05) is 30.3 Å². The molecule has 0 saturated carbocycles. The molecule has 8 heteroatoms. The first-order chi connectivity index (χ1) is 16.5. The van der Waals surface area contributed by atoms with Crippen molar-refractivity contribution in [1.82, 2.24) is 19.9 Å². The van der Waals surface area contributed by atoms with E-state index < -0.39 is 6.29 Å². The van der Waals surface area contributed by atoms with E-state index in [-0.39, 0.29) is 17.2 Å². The number of benzene rings is 2. The highest BCUT2D eigenvalue weighted by Gasteiger charge is 2.32. The molecule has 34 heavy (non-hydrogen) atoms. The van der Waals surface area contributed by atoms with E-state index in [0.717, 1.165) is 11.1 Å². The number of H-pyrrole nitrogens is 1. The van der Waals surface area contributed by atoms with Gasteiger partial charge in [0.1, 0.15) is 12.4 Å². The molecule has 1 N–H and O–H groups in total. The molecule has 1 fully saturated rings. The van der Waals surface area contributed by atoms with Gasteiger partial charge in [-0.1, -0.05) is 44.2 Å². The first-order valence-corrected chi connectivity index (χ1v) is 11.1. The fraction of sp³-hybridized carbons (Fsp3) is 0.269. The van der Waals surface area contributed by atoms with Gasteiger partial charge in [0.15, 0.2) is 5.82 Å². The zero-order chi connectivity index (χ0) is 23.5. The summed E-state index contributed by atoms with van der Waals surface area (Å²) in [5.41, 5.74) is 3.53. The van der Waals surface area contributed by atoms with Crippen LogP contribution in [0, 0.1) is 11.2 Å². The van der Waals surface area contributed by atoms with Crippen LogP contribution in [-0.4, -0.2) is 33.1 Å². The van der Waals surface area contributed by atoms with Crippen LogP contribution in [0.3, 0.4) is 0 Å². The van der Waals surface area contributed by atoms with Crippen LogP contribution in [0.5, 0.6) is 6.01 Å². The number of aromatic amines is 1. The molecule has 1 aliphatic heterocycles. The van der Waals surface area contributed by atoms with Crippen molar-refractivity contribution >= 4 is 0 Å². The van der Waals surface area contributed by atoms with E-state index >= 15 is 0 Å². The Morgan fingerprint density at radius 2 is 1.74 bits per heavy atom. The van der Waals surface area contributed by atoms with Crippen molar-refractivity contribution in [3.63, 3.8) is 0 Å². The summed E-state index contributed by atoms with van der Waals surface area (Å²) >= 11 is 0. The number of rotatable bonds is 6. The highest BCUT2D eigenvalue weighted by Crippen LogP contribution is 2.35. The van der Waals surface area contributed by atoms with Gasteiger partial charge in [-0.3, -0.25) is 0 Å². The largest absolute Gasteiger partial charge is 0.459 e. The quantitative estimate of drug-likeness (QED) is 0.419. The highest BCUT2D eigenvalue weighted by molar-refractivity contribution is 5.76. The number of ether oxygens (including phenoxy) is 3. The normalized spacial score (nSPS) is 15.9. The monoisotopic (exact) mass is 460 g/mol. The molecule has 0 amide bonds. The number of hydrogen-bond donors (Lipinski definition) is 1. The molecule has 0 bridgehead atoms. The predicted molar refractivity (Wildman–Crippen MR) is 124 cm³/mol. The summed E-state index contributed by atoms with van der Waals surface area (Å²) in [4.78, 5) is 16.9. The molecule has 4 aromatic rings. The van der Waals surface area contributed by atoms with Crippen molar-refractivity contribution in [3.8, 4) is 28.7 Å². The van der Waals surface area contributed by atoms with Crippen molar-refractivity contribution in [2.45, 2.75) is 26.7 Å². The number of halogens is 1. The molecule has 7 nitrogen and oxygen atoms in total. The zero-order valence-corrected chi connectivity index (χ0v) is 19.0. The van der Waals surface area contributed by atoms with Gasteiger partial charge in [0.25, 0.3) is 0 Å². The van der Waals surface area contributed by atoms with Crippen LogP contribution in [0.25, 0.3) is 22.6 Å². The van der Waals surface area contributed by atoms with Crippen molar-refractivity contribution in [2.75, 3.05) is 13.2 Å². The van der Waals surface area contributed by atoms with Gasteiger partial charge < -0.3 is 19.2 Å². The van der Waals surface area contributed by atoms with Crippen LogP contribution in [0.15, 0.2) is 66.9 Å². The SMILES string of the molecule is CC1(C)COC(c2nc(-c3ccc(F)cc3)c(-c3ccnc(OCc4ccccc4)n3)[nH]2)OC1. The minimum Gasteiger partial charge on any atom is -0.459 e. The molecule has 174 valence electrons. The third kappa shape index (κ3) is 4.98. The average molecular weight is 461 g/mol. The minimum absolute atomic E-state index is 0.0661. The molecule has 3 heterocycles. The molecular formula is C26H25FN4O3. The third-order valence-electron chi connectivity index (χ3n) is 5.41. The Bertz CT molecular complexity index is 1250. The molecule has 2 aromatic carbocycles. The number of nitrogens with one attached hydrogen (secondary N) is 1. The summed E-state index contributed by atoms with van der Waals surface area (Å²) < 4.78 is 31.2. The lowest BCUT2D eigenvalue weighted by Gasteiger charge is -2.33. The van der Waals surface area contributed by atoms with Crippen LogP contribution in [0.2, 0.25) is 0 Å². The molecule has 1 saturated heterocycles. The summed E-state index contributed by atoms with van der Waals surface area (Å²) in [6.45, 7) is 5.61. The van der Waals surface area contributed by atoms with Gasteiger partial charge in [0, 0.05) is 17.2 Å². The fourth-order valence-corrected chi connectivity index (χ4v) is 3.63. The van der Waals surface area contributed by atoms with Gasteiger partial charge in [0.2, 0.25) is 6.29 Å². The number of nitrogens with zero attached hydrogens (tertiary/aromatic N) is 3. The first-order valence-electron chi connectivity index (χ1n) is 11.1. The number of aromatic nitrogens is 4. The van der Waals surface area contributed by atoms with E-state index in [4.69, 9.17) is 19.2 Å². The van der Waals surface area contributed by atoms with Gasteiger partial charge in [-0.05, 0) is 35.9 Å². The Morgan fingerprint density at radius 1 is 1.00 bits per heavy atom. The smallest absolute Gasteiger partial charge is 0.317 e. The van der Waals surface area contributed by atoms with E-state index in [1.165, 1.54) is 12.1 Å². The van der Waals surface area contributed by atoms with Crippen LogP contribution in [-0.2, 0) is 16.1 Å². The molecular weight excluding hydrogens is 435 g/mol. The summed E-state index contributed by atoms with van der Waals surface area (Å²) in [5, 5.41) is 0. The van der Waals surface area contributed by atoms with Gasteiger partial charge in [0.05, 0.1) is 30.3 Å². The second-order valence-corrected chi connectivity index (χ2v) is 8.97. The molecule has 5 rings (SSSR count). The summed E-state index contributed by atoms with van der Waals surface area (Å²) in [7, 11) is 0. The molecule has 0 radical (unpaired) electrons. The van der Waals surface area contributed by atoms with Crippen LogP contribution >= 0.6 is 0 Å². The van der Waals surface area contributed by atoms with Crippen molar-refractivity contribution < 1.29 is 18.6 Å². The Hall–Kier alpha value is -3.62. The van der Waals surface area contributed by atoms with E-state index in [0.29, 0.717) is 42.7 Å². The Morgan fingerprint density at radius 3 is 2.47 bits per heavy atom. The second-order valence-electron chi connectivity index (χ2n) is 8.97. The fourth-order valence-electron chi connectivity index (χ4n) is 3.63. The molecule has 0 spiro atoms. The number of imidazole rings is 1. The summed E-state index contributed by atoms with van der Waals surface area (Å²) in [6, 6.07) is 18.0. The van der Waals surface area contributed by atoms with Gasteiger partial charge in [-0.15, -0.1) is 0 Å². The maximum Gasteiger partial charge on any atom is 0.317 e. The predicted octanol–water partition coefficient (Wildman–Crippen LogP) is 5.32.